The summed E-state index contributed by atoms with van der Waals surface area (Å²) in [6.07, 6.45) is 0.508. The van der Waals surface area contributed by atoms with E-state index in [-0.39, 0.29) is 5.78 Å². The Labute approximate surface area is 66.4 Å². The van der Waals surface area contributed by atoms with Crippen molar-refractivity contribution in [1.29, 1.82) is 0 Å². The Bertz CT molecular complexity index is 196. The van der Waals surface area contributed by atoms with E-state index in [1.807, 2.05) is 13.8 Å². The van der Waals surface area contributed by atoms with Crippen LogP contribution in [0, 0.1) is 0 Å². The van der Waals surface area contributed by atoms with E-state index in [0.717, 1.165) is 12.2 Å². The molecule has 0 fully saturated rings. The van der Waals surface area contributed by atoms with Crippen molar-refractivity contribution in [2.24, 2.45) is 0 Å². The Kier molecular flexibility index (Phi) is 2.52. The molecule has 1 aliphatic heterocycles. The number of ether oxygens (including phenoxy) is 1. The Hall–Kier alpha value is -0.990. The van der Waals surface area contributed by atoms with Crippen LogP contribution in [0.1, 0.15) is 20.3 Å². The molecular formula is C8H13NO2. The second kappa shape index (κ2) is 3.42. The molecule has 1 rings (SSSR count). The summed E-state index contributed by atoms with van der Waals surface area (Å²) in [5, 5.41) is 3.08. The van der Waals surface area contributed by atoms with Crippen molar-refractivity contribution >= 4 is 5.78 Å². The normalized spacial score (nSPS) is 17.3. The Morgan fingerprint density at radius 1 is 1.73 bits per heavy atom. The number of carbonyl (C=O) groups excluding carboxylic acids is 1. The van der Waals surface area contributed by atoms with Crippen LogP contribution in [0.15, 0.2) is 11.5 Å². The molecule has 3 heteroatoms. The van der Waals surface area contributed by atoms with Crippen LogP contribution in [0.2, 0.25) is 0 Å². The van der Waals surface area contributed by atoms with Gasteiger partial charge in [0.25, 0.3) is 0 Å². The first-order valence-corrected chi connectivity index (χ1v) is 3.86. The van der Waals surface area contributed by atoms with Crippen molar-refractivity contribution in [3.63, 3.8) is 0 Å². The van der Waals surface area contributed by atoms with Gasteiger partial charge in [-0.15, -0.1) is 0 Å². The van der Waals surface area contributed by atoms with Crippen LogP contribution in [-0.4, -0.2) is 18.9 Å². The number of ketones is 1. The molecule has 3 nitrogen and oxygen atoms in total. The molecule has 0 saturated heterocycles. The molecule has 0 bridgehead atoms. The van der Waals surface area contributed by atoms with Crippen LogP contribution >= 0.6 is 0 Å². The van der Waals surface area contributed by atoms with E-state index in [1.54, 1.807) is 0 Å². The lowest BCUT2D eigenvalue weighted by Crippen LogP contribution is -2.28. The number of rotatable bonds is 2. The maximum Gasteiger partial charge on any atom is 0.198 e. The minimum atomic E-state index is 0.0784. The molecule has 1 N–H and O–H groups in total. The van der Waals surface area contributed by atoms with Crippen LogP contribution in [-0.2, 0) is 9.53 Å². The van der Waals surface area contributed by atoms with Gasteiger partial charge in [-0.25, -0.2) is 0 Å². The number of nitrogens with one attached hydrogen (secondary N) is 1. The monoisotopic (exact) mass is 155 g/mol. The van der Waals surface area contributed by atoms with Crippen molar-refractivity contribution in [1.82, 2.24) is 5.32 Å². The van der Waals surface area contributed by atoms with Crippen LogP contribution in [0.3, 0.4) is 0 Å². The molecule has 0 unspecified atom stereocenters. The molecule has 0 aromatic carbocycles. The number of hydrogen-bond acceptors (Lipinski definition) is 3. The van der Waals surface area contributed by atoms with Gasteiger partial charge >= 0.3 is 0 Å². The van der Waals surface area contributed by atoms with Crippen molar-refractivity contribution in [3.8, 4) is 0 Å². The van der Waals surface area contributed by atoms with E-state index in [4.69, 9.17) is 4.74 Å². The SMILES string of the molecule is CCC(=O)C1=C(C)NCCO1. The summed E-state index contributed by atoms with van der Waals surface area (Å²) in [5.41, 5.74) is 0.864. The second-order valence-electron chi connectivity index (χ2n) is 2.51. The van der Waals surface area contributed by atoms with Gasteiger partial charge in [-0.3, -0.25) is 4.79 Å². The maximum atomic E-state index is 11.2. The second-order valence-corrected chi connectivity index (χ2v) is 2.51. The first kappa shape index (κ1) is 8.11. The van der Waals surface area contributed by atoms with Gasteiger partial charge in [0, 0.05) is 13.0 Å². The summed E-state index contributed by atoms with van der Waals surface area (Å²) in [5.74, 6) is 0.591. The van der Waals surface area contributed by atoms with Gasteiger partial charge in [-0.05, 0) is 6.92 Å². The lowest BCUT2D eigenvalue weighted by Gasteiger charge is -2.19. The highest BCUT2D eigenvalue weighted by atomic mass is 16.5. The van der Waals surface area contributed by atoms with Crippen LogP contribution in [0.5, 0.6) is 0 Å². The minimum absolute atomic E-state index is 0.0784. The zero-order valence-corrected chi connectivity index (χ0v) is 6.94. The Morgan fingerprint density at radius 3 is 3.00 bits per heavy atom. The lowest BCUT2D eigenvalue weighted by molar-refractivity contribution is -0.119. The molecule has 0 amide bonds. The molecule has 0 atom stereocenters. The molecule has 1 aliphatic rings. The first-order valence-electron chi connectivity index (χ1n) is 3.86. The number of hydrogen-bond donors (Lipinski definition) is 1. The average Bonchev–Trinajstić information content (AvgIpc) is 2.04. The van der Waals surface area contributed by atoms with Crippen molar-refractivity contribution in [3.05, 3.63) is 11.5 Å². The molecule has 62 valence electrons. The highest BCUT2D eigenvalue weighted by Gasteiger charge is 2.15. The highest BCUT2D eigenvalue weighted by Crippen LogP contribution is 2.10. The fourth-order valence-electron chi connectivity index (χ4n) is 1.03. The van der Waals surface area contributed by atoms with E-state index in [1.165, 1.54) is 0 Å². The summed E-state index contributed by atoms with van der Waals surface area (Å²) >= 11 is 0. The topological polar surface area (TPSA) is 38.3 Å². The van der Waals surface area contributed by atoms with Crippen LogP contribution < -0.4 is 5.32 Å². The fourth-order valence-corrected chi connectivity index (χ4v) is 1.03. The third kappa shape index (κ3) is 1.73. The largest absolute Gasteiger partial charge is 0.486 e. The third-order valence-electron chi connectivity index (χ3n) is 1.65. The van der Waals surface area contributed by atoms with E-state index in [0.29, 0.717) is 18.8 Å². The summed E-state index contributed by atoms with van der Waals surface area (Å²) in [6, 6.07) is 0. The van der Waals surface area contributed by atoms with Crippen LogP contribution in [0.4, 0.5) is 0 Å². The molecular weight excluding hydrogens is 142 g/mol. The Morgan fingerprint density at radius 2 is 2.45 bits per heavy atom. The van der Waals surface area contributed by atoms with Crippen LogP contribution in [0.25, 0.3) is 0 Å². The molecule has 0 aromatic heterocycles. The van der Waals surface area contributed by atoms with E-state index >= 15 is 0 Å². The highest BCUT2D eigenvalue weighted by molar-refractivity contribution is 5.93. The average molecular weight is 155 g/mol. The van der Waals surface area contributed by atoms with Gasteiger partial charge in [-0.2, -0.15) is 0 Å². The molecule has 1 heterocycles. The summed E-state index contributed by atoms with van der Waals surface area (Å²) in [4.78, 5) is 11.2. The van der Waals surface area contributed by atoms with Gasteiger partial charge in [0.1, 0.15) is 6.61 Å². The molecule has 0 aromatic rings. The lowest BCUT2D eigenvalue weighted by atomic mass is 10.2. The van der Waals surface area contributed by atoms with E-state index in [9.17, 15) is 4.79 Å². The number of Topliss-reactive ketones (excluding diaryl/α,β-unsaturated/α-hetero) is 1. The minimum Gasteiger partial charge on any atom is -0.486 e. The fraction of sp³-hybridized carbons (Fsp3) is 0.625. The predicted octanol–water partition coefficient (Wildman–Crippen LogP) is 0.817. The molecule has 0 aliphatic carbocycles. The van der Waals surface area contributed by atoms with E-state index in [2.05, 4.69) is 5.32 Å². The first-order chi connectivity index (χ1) is 5.25. The van der Waals surface area contributed by atoms with Gasteiger partial charge in [-0.1, -0.05) is 6.92 Å². The Balaban J connectivity index is 2.74. The third-order valence-corrected chi connectivity index (χ3v) is 1.65. The van der Waals surface area contributed by atoms with E-state index < -0.39 is 0 Å². The smallest absolute Gasteiger partial charge is 0.198 e. The molecule has 0 saturated carbocycles. The maximum absolute atomic E-state index is 11.2. The van der Waals surface area contributed by atoms with Crippen molar-refractivity contribution in [2.75, 3.05) is 13.2 Å². The standard InChI is InChI=1S/C8H13NO2/c1-3-7(10)8-6(2)9-4-5-11-8/h9H,3-5H2,1-2H3. The van der Waals surface area contributed by atoms with Gasteiger partial charge in [0.15, 0.2) is 11.5 Å². The number of allylic oxidation sites excluding steroid dienone is 2. The zero-order valence-electron chi connectivity index (χ0n) is 6.94. The molecule has 0 spiro atoms. The molecule has 11 heavy (non-hydrogen) atoms. The van der Waals surface area contributed by atoms with Gasteiger partial charge in [0.2, 0.25) is 0 Å². The zero-order chi connectivity index (χ0) is 8.27. The summed E-state index contributed by atoms with van der Waals surface area (Å²) in [6.45, 7) is 5.09. The summed E-state index contributed by atoms with van der Waals surface area (Å²) < 4.78 is 5.21. The van der Waals surface area contributed by atoms with Gasteiger partial charge in [0.05, 0.1) is 5.70 Å². The van der Waals surface area contributed by atoms with Crippen molar-refractivity contribution in [2.45, 2.75) is 20.3 Å². The van der Waals surface area contributed by atoms with Crippen molar-refractivity contribution < 1.29 is 9.53 Å². The quantitative estimate of drug-likeness (QED) is 0.641. The van der Waals surface area contributed by atoms with Gasteiger partial charge < -0.3 is 10.1 Å². The molecule has 0 radical (unpaired) electrons. The number of carbonyl (C=O) groups is 1. The summed E-state index contributed by atoms with van der Waals surface area (Å²) in [7, 11) is 0. The predicted molar refractivity (Wildman–Crippen MR) is 42.0 cm³/mol.